The molecule has 2 aliphatic heterocycles. The Balaban J connectivity index is 0.000000214. The topological polar surface area (TPSA) is 285 Å². The lowest BCUT2D eigenvalue weighted by Gasteiger charge is -2.16. The standard InChI is InChI=1S/C21H20F3N7O3S.C19H18F3N7O2S.C4H6O3/c1-12(32)25-20-30-29-19(35-20)14-7-8-31(11-14)17-6-5-16(27-28-17)26-18(33)10-13-3-2-4-15(9-13)34-21(22,23)24;20-19(21,22)31-13-3-1-2-11(8-13)9-16(30)24-14-4-5-15(26-25-14)29-7-6-12(10-29)17-27-28-18(23)32-17;1-3(5)7-4(2)6/h2-6,9,14H,7-8,10-11H2,1H3,(H,25,30,32)(H,26,27,33);1-5,8,12H,6-7,9-10H2,(H2,23,28)(H,24,25,30);1-2H3. The second kappa shape index (κ2) is 25.0. The van der Waals surface area contributed by atoms with E-state index in [0.29, 0.717) is 46.1 Å². The average molecular weight is 1080 g/mol. The number of carbonyl (C=O) groups excluding carboxylic acids is 5. The number of halogens is 6. The van der Waals surface area contributed by atoms with Crippen molar-refractivity contribution in [3.63, 3.8) is 0 Å². The highest BCUT2D eigenvalue weighted by Gasteiger charge is 2.33. The maximum atomic E-state index is 12.4. The fourth-order valence-corrected chi connectivity index (χ4v) is 8.78. The van der Waals surface area contributed by atoms with Crippen LogP contribution < -0.4 is 41.0 Å². The van der Waals surface area contributed by atoms with Crippen LogP contribution in [-0.4, -0.2) is 109 Å². The van der Waals surface area contributed by atoms with E-state index in [4.69, 9.17) is 5.73 Å². The largest absolute Gasteiger partial charge is 0.573 e. The van der Waals surface area contributed by atoms with E-state index < -0.39 is 42.2 Å². The summed E-state index contributed by atoms with van der Waals surface area (Å²) in [7, 11) is 0. The Morgan fingerprint density at radius 2 is 1.07 bits per heavy atom. The summed E-state index contributed by atoms with van der Waals surface area (Å²) >= 11 is 2.72. The normalized spacial score (nSPS) is 15.1. The number of nitrogen functional groups attached to an aromatic ring is 1. The number of anilines is 6. The van der Waals surface area contributed by atoms with Crippen molar-refractivity contribution in [3.8, 4) is 11.5 Å². The van der Waals surface area contributed by atoms with Gasteiger partial charge in [-0.15, -0.1) is 67.1 Å². The van der Waals surface area contributed by atoms with Gasteiger partial charge in [0.1, 0.15) is 21.5 Å². The van der Waals surface area contributed by atoms with Gasteiger partial charge in [0.05, 0.1) is 12.8 Å². The van der Waals surface area contributed by atoms with Crippen LogP contribution in [0.15, 0.2) is 72.8 Å². The van der Waals surface area contributed by atoms with Crippen molar-refractivity contribution in [2.24, 2.45) is 0 Å². The van der Waals surface area contributed by atoms with Crippen molar-refractivity contribution in [3.05, 3.63) is 93.9 Å². The van der Waals surface area contributed by atoms with Crippen molar-refractivity contribution in [2.75, 3.05) is 57.7 Å². The van der Waals surface area contributed by atoms with Gasteiger partial charge in [0.2, 0.25) is 28.0 Å². The van der Waals surface area contributed by atoms with Gasteiger partial charge in [0.25, 0.3) is 0 Å². The Bertz CT molecular complexity index is 2880. The van der Waals surface area contributed by atoms with Crippen LogP contribution in [-0.2, 0) is 41.6 Å². The lowest BCUT2D eigenvalue weighted by Crippen LogP contribution is -2.21. The number of benzene rings is 2. The van der Waals surface area contributed by atoms with E-state index in [1.165, 1.54) is 73.8 Å². The van der Waals surface area contributed by atoms with Crippen molar-refractivity contribution in [2.45, 2.75) is 71.0 Å². The van der Waals surface area contributed by atoms with Gasteiger partial charge in [-0.3, -0.25) is 24.0 Å². The van der Waals surface area contributed by atoms with Crippen molar-refractivity contribution >= 4 is 85.9 Å². The van der Waals surface area contributed by atoms with E-state index in [9.17, 15) is 50.3 Å². The summed E-state index contributed by atoms with van der Waals surface area (Å²) in [5, 5.41) is 42.9. The molecule has 30 heteroatoms. The fraction of sp³-hybridized carbons (Fsp3) is 0.341. The summed E-state index contributed by atoms with van der Waals surface area (Å²) in [6.07, 6.45) is -8.16. The highest BCUT2D eigenvalue weighted by Crippen LogP contribution is 2.34. The van der Waals surface area contributed by atoms with E-state index in [2.05, 4.69) is 75.9 Å². The maximum absolute atomic E-state index is 12.4. The van der Waals surface area contributed by atoms with Gasteiger partial charge in [-0.1, -0.05) is 46.9 Å². The number of amides is 3. The highest BCUT2D eigenvalue weighted by molar-refractivity contribution is 7.15. The first-order valence-corrected chi connectivity index (χ1v) is 23.5. The van der Waals surface area contributed by atoms with Crippen LogP contribution in [0.3, 0.4) is 0 Å². The number of carbonyl (C=O) groups is 5. The summed E-state index contributed by atoms with van der Waals surface area (Å²) in [6.45, 7) is 6.66. The Kier molecular flexibility index (Phi) is 18.6. The predicted molar refractivity (Wildman–Crippen MR) is 255 cm³/mol. The number of nitrogens with zero attached hydrogens (tertiary/aromatic N) is 10. The molecule has 74 heavy (non-hydrogen) atoms. The average Bonchev–Trinajstić information content (AvgIpc) is 4.15. The highest BCUT2D eigenvalue weighted by atomic mass is 32.1. The molecule has 22 nitrogen and oxygen atoms in total. The number of hydrogen-bond donors (Lipinski definition) is 4. The van der Waals surface area contributed by atoms with Crippen LogP contribution in [0.5, 0.6) is 11.5 Å². The minimum Gasteiger partial charge on any atom is -0.406 e. The smallest absolute Gasteiger partial charge is 0.406 e. The van der Waals surface area contributed by atoms with Gasteiger partial charge in [0.15, 0.2) is 23.3 Å². The lowest BCUT2D eigenvalue weighted by atomic mass is 10.1. The summed E-state index contributed by atoms with van der Waals surface area (Å²) in [6, 6.07) is 17.2. The Morgan fingerprint density at radius 1 is 0.608 bits per heavy atom. The van der Waals surface area contributed by atoms with Crippen LogP contribution in [0.1, 0.15) is 66.6 Å². The molecule has 2 atom stereocenters. The molecule has 2 saturated heterocycles. The van der Waals surface area contributed by atoms with E-state index in [1.54, 1.807) is 24.3 Å². The molecule has 392 valence electrons. The Morgan fingerprint density at radius 3 is 1.45 bits per heavy atom. The molecule has 2 unspecified atom stereocenters. The third-order valence-corrected chi connectivity index (χ3v) is 11.9. The lowest BCUT2D eigenvalue weighted by molar-refractivity contribution is -0.275. The monoisotopic (exact) mass is 1070 g/mol. The van der Waals surface area contributed by atoms with Crippen LogP contribution in [0, 0.1) is 0 Å². The molecular formula is C44H44F6N14O8S2. The van der Waals surface area contributed by atoms with Crippen LogP contribution in [0.25, 0.3) is 0 Å². The van der Waals surface area contributed by atoms with Crippen molar-refractivity contribution < 1.29 is 64.5 Å². The number of aromatic nitrogens is 8. The predicted octanol–water partition coefficient (Wildman–Crippen LogP) is 6.44. The molecule has 2 aliphatic rings. The van der Waals surface area contributed by atoms with Crippen LogP contribution >= 0.6 is 22.7 Å². The van der Waals surface area contributed by atoms with E-state index in [0.717, 1.165) is 54.1 Å². The van der Waals surface area contributed by atoms with Crippen molar-refractivity contribution in [1.82, 2.24) is 40.8 Å². The molecule has 6 heterocycles. The Labute approximate surface area is 424 Å². The minimum absolute atomic E-state index is 0.142. The first-order valence-electron chi connectivity index (χ1n) is 21.9. The summed E-state index contributed by atoms with van der Waals surface area (Å²) in [4.78, 5) is 59.4. The number of nitrogens with one attached hydrogen (secondary N) is 3. The summed E-state index contributed by atoms with van der Waals surface area (Å²) in [5.41, 5.74) is 6.38. The quantitative estimate of drug-likeness (QED) is 0.0550. The third kappa shape index (κ3) is 18.2. The molecule has 2 aromatic carbocycles. The zero-order valence-electron chi connectivity index (χ0n) is 39.1. The second-order valence-electron chi connectivity index (χ2n) is 15.9. The number of rotatable bonds is 13. The molecule has 0 aliphatic carbocycles. The van der Waals surface area contributed by atoms with Crippen molar-refractivity contribution in [1.29, 1.82) is 0 Å². The van der Waals surface area contributed by atoms with Gasteiger partial charge < -0.3 is 45.7 Å². The minimum atomic E-state index is -4.81. The first-order chi connectivity index (χ1) is 35.0. The third-order valence-electron chi connectivity index (χ3n) is 10.0. The second-order valence-corrected chi connectivity index (χ2v) is 18.0. The molecule has 0 bridgehead atoms. The SMILES string of the molecule is CC(=O)Nc1nnc(C2CCN(c3ccc(NC(=O)Cc4cccc(OC(F)(F)F)c4)nn3)C2)s1.CC(=O)OC(C)=O.Nc1nnc(C2CCN(c3ccc(NC(=O)Cc4cccc(OC(F)(F)F)c4)nn3)C2)s1. The van der Waals surface area contributed by atoms with E-state index >= 15 is 0 Å². The van der Waals surface area contributed by atoms with Crippen LogP contribution in [0.2, 0.25) is 0 Å². The molecule has 6 aromatic rings. The van der Waals surface area contributed by atoms with Gasteiger partial charge >= 0.3 is 24.7 Å². The van der Waals surface area contributed by atoms with Gasteiger partial charge in [-0.2, -0.15) is 0 Å². The number of nitrogens with two attached hydrogens (primary N) is 1. The molecule has 2 fully saturated rings. The van der Waals surface area contributed by atoms with Gasteiger partial charge in [0, 0.05) is 58.8 Å². The van der Waals surface area contributed by atoms with E-state index in [-0.39, 0.29) is 48.0 Å². The molecular weight excluding hydrogens is 1030 g/mol. The number of esters is 2. The molecule has 0 saturated carbocycles. The molecule has 4 aromatic heterocycles. The molecule has 5 N–H and O–H groups in total. The molecule has 0 spiro atoms. The van der Waals surface area contributed by atoms with Crippen LogP contribution in [0.4, 0.5) is 59.9 Å². The zero-order valence-corrected chi connectivity index (χ0v) is 40.8. The number of hydrogen-bond acceptors (Lipinski definition) is 21. The zero-order chi connectivity index (χ0) is 53.6. The first kappa shape index (κ1) is 55.2. The maximum Gasteiger partial charge on any atom is 0.573 e. The molecule has 8 rings (SSSR count). The number of alkyl halides is 6. The summed E-state index contributed by atoms with van der Waals surface area (Å²) < 4.78 is 85.9. The summed E-state index contributed by atoms with van der Waals surface area (Å²) in [5.74, 6) is -0.856. The van der Waals surface area contributed by atoms with E-state index in [1.807, 2.05) is 4.90 Å². The number of ether oxygens (including phenoxy) is 3. The van der Waals surface area contributed by atoms with Gasteiger partial charge in [-0.25, -0.2) is 0 Å². The molecule has 0 radical (unpaired) electrons. The Hall–Kier alpha value is -8.15. The van der Waals surface area contributed by atoms with Gasteiger partial charge in [-0.05, 0) is 72.5 Å². The fourth-order valence-electron chi connectivity index (χ4n) is 7.13. The molecule has 3 amide bonds.